The van der Waals surface area contributed by atoms with Crippen molar-refractivity contribution < 1.29 is 18.0 Å². The first-order valence-corrected chi connectivity index (χ1v) is 9.20. The van der Waals surface area contributed by atoms with Crippen molar-refractivity contribution in [2.24, 2.45) is 5.29 Å². The Labute approximate surface area is 182 Å². The first-order chi connectivity index (χ1) is 15.3. The first kappa shape index (κ1) is 21.2. The van der Waals surface area contributed by atoms with Crippen LogP contribution in [0.3, 0.4) is 0 Å². The lowest BCUT2D eigenvalue weighted by Crippen LogP contribution is -2.30. The fourth-order valence-electron chi connectivity index (χ4n) is 2.92. The van der Waals surface area contributed by atoms with E-state index in [-0.39, 0.29) is 11.4 Å². The van der Waals surface area contributed by atoms with Gasteiger partial charge in [0.05, 0.1) is 27.8 Å². The molecule has 0 spiro atoms. The predicted molar refractivity (Wildman–Crippen MR) is 110 cm³/mol. The highest BCUT2D eigenvalue weighted by Crippen LogP contribution is 2.36. The number of rotatable bonds is 4. The molecule has 2 heterocycles. The van der Waals surface area contributed by atoms with Gasteiger partial charge in [-0.15, -0.1) is 9.92 Å². The Morgan fingerprint density at radius 1 is 1.12 bits per heavy atom. The Morgan fingerprint density at radius 2 is 1.88 bits per heavy atom. The number of hydrogen-bond donors (Lipinski definition) is 1. The second-order valence-electron chi connectivity index (χ2n) is 6.38. The van der Waals surface area contributed by atoms with Crippen molar-refractivity contribution in [3.8, 4) is 5.69 Å². The molecule has 0 aliphatic carbocycles. The summed E-state index contributed by atoms with van der Waals surface area (Å²) in [5.41, 5.74) is 0.537. The lowest BCUT2D eigenvalue weighted by atomic mass is 10.2. The molecule has 0 bridgehead atoms. The largest absolute Gasteiger partial charge is 0.417 e. The number of nitroso groups, excluding NO2 is 1. The number of halogens is 4. The van der Waals surface area contributed by atoms with Crippen LogP contribution in [0.2, 0.25) is 5.02 Å². The predicted octanol–water partition coefficient (Wildman–Crippen LogP) is 5.21. The summed E-state index contributed by atoms with van der Waals surface area (Å²) in [6.07, 6.45) is -0.223. The third kappa shape index (κ3) is 4.07. The molecule has 4 rings (SSSR count). The zero-order valence-corrected chi connectivity index (χ0v) is 16.5. The number of anilines is 2. The van der Waals surface area contributed by atoms with Gasteiger partial charge < -0.3 is 5.32 Å². The molecule has 162 valence electrons. The first-order valence-electron chi connectivity index (χ1n) is 8.82. The molecule has 1 N–H and O–H groups in total. The summed E-state index contributed by atoms with van der Waals surface area (Å²) in [7, 11) is 0. The molecule has 4 aromatic rings. The monoisotopic (exact) mass is 461 g/mol. The van der Waals surface area contributed by atoms with Gasteiger partial charge in [0.25, 0.3) is 0 Å². The van der Waals surface area contributed by atoms with Gasteiger partial charge in [0.1, 0.15) is 18.2 Å². The van der Waals surface area contributed by atoms with Gasteiger partial charge in [0, 0.05) is 11.4 Å². The molecule has 32 heavy (non-hydrogen) atoms. The van der Waals surface area contributed by atoms with Crippen LogP contribution in [-0.2, 0) is 6.18 Å². The summed E-state index contributed by atoms with van der Waals surface area (Å²) in [4.78, 5) is 35.9. The quantitative estimate of drug-likeness (QED) is 0.332. The molecule has 0 radical (unpaired) electrons. The number of aromatic nitrogens is 4. The number of urea groups is 1. The molecule has 0 unspecified atom stereocenters. The highest BCUT2D eigenvalue weighted by Gasteiger charge is 2.33. The maximum absolute atomic E-state index is 13.0. The Morgan fingerprint density at radius 3 is 2.56 bits per heavy atom. The maximum Gasteiger partial charge on any atom is 0.417 e. The Hall–Kier alpha value is -4.06. The van der Waals surface area contributed by atoms with E-state index in [1.54, 1.807) is 22.9 Å². The van der Waals surface area contributed by atoms with Crippen LogP contribution in [0, 0.1) is 4.91 Å². The second-order valence-corrected chi connectivity index (χ2v) is 6.79. The van der Waals surface area contributed by atoms with Gasteiger partial charge in [-0.2, -0.15) is 13.2 Å². The van der Waals surface area contributed by atoms with E-state index in [0.29, 0.717) is 27.9 Å². The molecule has 0 saturated carbocycles. The number of fused-ring (bicyclic) bond motifs is 1. The van der Waals surface area contributed by atoms with Gasteiger partial charge in [-0.25, -0.2) is 19.7 Å². The number of nitrogens with zero attached hydrogens (tertiary/aromatic N) is 6. The zero-order valence-electron chi connectivity index (χ0n) is 15.8. The lowest BCUT2D eigenvalue weighted by molar-refractivity contribution is -0.137. The molecule has 2 aromatic heterocycles. The van der Waals surface area contributed by atoms with Crippen LogP contribution in [0.1, 0.15) is 5.56 Å². The van der Waals surface area contributed by atoms with E-state index in [1.165, 1.54) is 30.9 Å². The van der Waals surface area contributed by atoms with Crippen molar-refractivity contribution in [1.29, 1.82) is 0 Å². The van der Waals surface area contributed by atoms with Gasteiger partial charge in [-0.3, -0.25) is 4.57 Å². The molecule has 0 saturated heterocycles. The topological polar surface area (TPSA) is 105 Å². The van der Waals surface area contributed by atoms with Crippen LogP contribution >= 0.6 is 11.6 Å². The average molecular weight is 462 g/mol. The molecule has 0 aliphatic rings. The van der Waals surface area contributed by atoms with Gasteiger partial charge in [-0.1, -0.05) is 11.6 Å². The number of carbonyl (C=O) groups excluding carboxylic acids is 1. The second kappa shape index (κ2) is 8.23. The molecular weight excluding hydrogens is 451 g/mol. The van der Waals surface area contributed by atoms with Crippen molar-refractivity contribution in [2.45, 2.75) is 6.18 Å². The van der Waals surface area contributed by atoms with Gasteiger partial charge in [0.2, 0.25) is 0 Å². The number of hydrogen-bond acceptors (Lipinski definition) is 6. The smallest absolute Gasteiger partial charge is 0.306 e. The van der Waals surface area contributed by atoms with Crippen molar-refractivity contribution in [1.82, 2.24) is 19.5 Å². The Kier molecular flexibility index (Phi) is 5.45. The Bertz CT molecular complexity index is 1310. The van der Waals surface area contributed by atoms with Crippen LogP contribution < -0.4 is 10.3 Å². The minimum atomic E-state index is -4.71. The fraction of sp³-hybridized carbons (Fsp3) is 0.0526. The van der Waals surface area contributed by atoms with E-state index in [2.05, 4.69) is 25.6 Å². The number of nitrogens with one attached hydrogen (secondary N) is 1. The van der Waals surface area contributed by atoms with E-state index < -0.39 is 22.8 Å². The van der Waals surface area contributed by atoms with Crippen molar-refractivity contribution in [3.63, 3.8) is 0 Å². The molecular formula is C19H11ClF3N7O2. The zero-order chi connectivity index (χ0) is 22.9. The molecule has 0 atom stereocenters. The third-order valence-electron chi connectivity index (χ3n) is 4.40. The third-order valence-corrected chi connectivity index (χ3v) is 4.73. The maximum atomic E-state index is 13.0. The van der Waals surface area contributed by atoms with Crippen LogP contribution in [-0.4, -0.2) is 25.6 Å². The van der Waals surface area contributed by atoms with Crippen molar-refractivity contribution >= 4 is 40.2 Å². The molecule has 2 amide bonds. The number of amides is 2. The van der Waals surface area contributed by atoms with Crippen molar-refractivity contribution in [3.05, 3.63) is 76.8 Å². The lowest BCUT2D eigenvalue weighted by Gasteiger charge is -2.16. The number of imidazole rings is 1. The summed E-state index contributed by atoms with van der Waals surface area (Å²) in [5.74, 6) is 0. The van der Waals surface area contributed by atoms with E-state index in [0.717, 1.165) is 6.07 Å². The highest BCUT2D eigenvalue weighted by atomic mass is 35.5. The number of benzene rings is 2. The molecule has 0 fully saturated rings. The molecule has 9 nitrogen and oxygen atoms in total. The summed E-state index contributed by atoms with van der Waals surface area (Å²) < 4.78 is 40.8. The minimum Gasteiger partial charge on any atom is -0.306 e. The fourth-order valence-corrected chi connectivity index (χ4v) is 3.14. The SMILES string of the molecule is O=NN(C(=O)Nc1ccc(Cl)c(C(F)(F)F)c1)c1ccc(-n2cnc3ncncc32)cc1. The highest BCUT2D eigenvalue weighted by molar-refractivity contribution is 6.31. The van der Waals surface area contributed by atoms with E-state index in [1.807, 2.05) is 0 Å². The van der Waals surface area contributed by atoms with Crippen LogP contribution in [0.15, 0.2) is 66.6 Å². The molecule has 13 heteroatoms. The van der Waals surface area contributed by atoms with E-state index in [4.69, 9.17) is 11.6 Å². The minimum absolute atomic E-state index is 0.0897. The average Bonchev–Trinajstić information content (AvgIpc) is 3.19. The molecule has 0 aliphatic heterocycles. The summed E-state index contributed by atoms with van der Waals surface area (Å²) >= 11 is 5.57. The van der Waals surface area contributed by atoms with E-state index in [9.17, 15) is 22.9 Å². The Balaban J connectivity index is 1.56. The van der Waals surface area contributed by atoms with E-state index >= 15 is 0 Å². The van der Waals surface area contributed by atoms with Crippen LogP contribution in [0.4, 0.5) is 29.3 Å². The van der Waals surface area contributed by atoms with Gasteiger partial charge >= 0.3 is 12.2 Å². The van der Waals surface area contributed by atoms with Gasteiger partial charge in [-0.05, 0) is 42.5 Å². The van der Waals surface area contributed by atoms with Crippen LogP contribution in [0.5, 0.6) is 0 Å². The summed E-state index contributed by atoms with van der Waals surface area (Å²) in [6, 6.07) is 7.85. The standard InChI is InChI=1S/C19H11ClF3N7O2/c20-15-6-1-11(7-14(15)19(21,22)23)27-18(31)30(28-32)13-4-2-12(3-5-13)29-10-26-17-16(29)8-24-9-25-17/h1-10H,(H,27,31). The number of alkyl halides is 3. The van der Waals surface area contributed by atoms with Crippen LogP contribution in [0.25, 0.3) is 16.9 Å². The van der Waals surface area contributed by atoms with Crippen molar-refractivity contribution in [2.75, 3.05) is 10.3 Å². The van der Waals surface area contributed by atoms with Gasteiger partial charge in [0.15, 0.2) is 5.65 Å². The summed E-state index contributed by atoms with van der Waals surface area (Å²) in [6.45, 7) is 0. The molecule has 2 aromatic carbocycles. The number of carbonyl (C=O) groups is 1. The summed E-state index contributed by atoms with van der Waals surface area (Å²) in [5, 5.41) is 4.82. The normalized spacial score (nSPS) is 11.4.